The molecule has 0 saturated heterocycles. The van der Waals surface area contributed by atoms with Gasteiger partial charge in [-0.2, -0.15) is 0 Å². The molecule has 2 rings (SSSR count). The van der Waals surface area contributed by atoms with Crippen LogP contribution in [-0.2, 0) is 23.2 Å². The smallest absolute Gasteiger partial charge is 0.147 e. The van der Waals surface area contributed by atoms with Gasteiger partial charge in [0.25, 0.3) is 0 Å². The maximum Gasteiger partial charge on any atom is -0.147 e. The van der Waals surface area contributed by atoms with E-state index in [-0.39, 0.29) is 24.8 Å². The van der Waals surface area contributed by atoms with E-state index in [1.807, 2.05) is 3.28 Å². The molecule has 0 atom stereocenters. The van der Waals surface area contributed by atoms with Crippen molar-refractivity contribution in [3.63, 3.8) is 0 Å². The fourth-order valence-corrected chi connectivity index (χ4v) is 5.60. The Morgan fingerprint density at radius 3 is 2.61 bits per heavy atom. The summed E-state index contributed by atoms with van der Waals surface area (Å²) >= 11 is -0.396. The predicted octanol–water partition coefficient (Wildman–Crippen LogP) is 5.55. The van der Waals surface area contributed by atoms with Gasteiger partial charge in [0.1, 0.15) is 0 Å². The van der Waals surface area contributed by atoms with Crippen LogP contribution in [0.15, 0.2) is 42.5 Å². The topological polar surface area (TPSA) is 0 Å². The minimum Gasteiger partial charge on any atom is -0.147 e. The van der Waals surface area contributed by atoms with Crippen LogP contribution in [0.25, 0.3) is 0 Å². The molecule has 0 aromatic carbocycles. The van der Waals surface area contributed by atoms with Gasteiger partial charge in [0.2, 0.25) is 0 Å². The molecule has 0 aliphatic heterocycles. The second-order valence-electron chi connectivity index (χ2n) is 4.52. The van der Waals surface area contributed by atoms with Crippen LogP contribution in [0.4, 0.5) is 0 Å². The molecule has 0 radical (unpaired) electrons. The van der Waals surface area contributed by atoms with Crippen molar-refractivity contribution in [2.75, 3.05) is 0 Å². The monoisotopic (exact) mass is 362 g/mol. The molecule has 3 heteroatoms. The summed E-state index contributed by atoms with van der Waals surface area (Å²) in [5, 5.41) is 0. The number of unbranched alkanes of at least 4 members (excludes halogenated alkanes) is 2. The molecule has 100 valence electrons. The Morgan fingerprint density at radius 1 is 1.11 bits per heavy atom. The summed E-state index contributed by atoms with van der Waals surface area (Å²) < 4.78 is 3.60. The van der Waals surface area contributed by atoms with Crippen molar-refractivity contribution in [1.29, 1.82) is 0 Å². The van der Waals surface area contributed by atoms with Gasteiger partial charge in [-0.25, -0.2) is 0 Å². The molecule has 0 saturated carbocycles. The number of allylic oxidation sites excluding steroid dienone is 8. The minimum absolute atomic E-state index is 0. The normalized spacial score (nSPS) is 16.4. The van der Waals surface area contributed by atoms with Gasteiger partial charge >= 0.3 is 111 Å². The van der Waals surface area contributed by atoms with E-state index in [9.17, 15) is 0 Å². The molecule has 2 aliphatic rings. The standard InChI is InChI=1S/C10H15.C5H5.2ClH.Zr/c1-2-3-4-7-10-8-5-6-9-10;1-2-4-5-3-1;;;/h5,8H,2-4,6-7H2,1H3;1-3H,4H2;2*1H;. The van der Waals surface area contributed by atoms with E-state index in [4.69, 9.17) is 0 Å². The average molecular weight is 364 g/mol. The summed E-state index contributed by atoms with van der Waals surface area (Å²) in [5.41, 5.74) is 1.70. The number of rotatable bonds is 6. The van der Waals surface area contributed by atoms with E-state index in [1.165, 1.54) is 38.5 Å². The van der Waals surface area contributed by atoms with Crippen molar-refractivity contribution in [1.82, 2.24) is 0 Å². The van der Waals surface area contributed by atoms with Gasteiger partial charge in [-0.15, -0.1) is 24.8 Å². The Kier molecular flexibility index (Phi) is 10.5. The average Bonchev–Trinajstić information content (AvgIpc) is 2.92. The summed E-state index contributed by atoms with van der Waals surface area (Å²) in [6.45, 7) is 2.28. The first kappa shape index (κ1) is 18.4. The van der Waals surface area contributed by atoms with E-state index in [2.05, 4.69) is 37.3 Å². The van der Waals surface area contributed by atoms with Crippen LogP contribution in [0.5, 0.6) is 0 Å². The Labute approximate surface area is 135 Å². The molecule has 0 heterocycles. The van der Waals surface area contributed by atoms with Crippen LogP contribution in [0.3, 0.4) is 0 Å². The van der Waals surface area contributed by atoms with Crippen LogP contribution >= 0.6 is 24.8 Å². The molecule has 0 bridgehead atoms. The molecule has 0 aromatic heterocycles. The Bertz CT molecular complexity index is 365. The molecule has 0 N–H and O–H groups in total. The zero-order valence-electron chi connectivity index (χ0n) is 10.9. The van der Waals surface area contributed by atoms with E-state index in [0.29, 0.717) is 0 Å². The third-order valence-corrected chi connectivity index (χ3v) is 6.89. The molecule has 0 unspecified atom stereocenters. The van der Waals surface area contributed by atoms with Gasteiger partial charge < -0.3 is 0 Å². The largest absolute Gasteiger partial charge is 0.147 e. The zero-order chi connectivity index (χ0) is 11.2. The maximum absolute atomic E-state index is 2.40. The molecule has 2 aliphatic carbocycles. The molecular formula is C15H22Cl2Zr. The van der Waals surface area contributed by atoms with E-state index < -0.39 is 23.2 Å². The predicted molar refractivity (Wildman–Crippen MR) is 81.3 cm³/mol. The molecule has 0 aromatic rings. The summed E-state index contributed by atoms with van der Waals surface area (Å²) in [7, 11) is 0. The Morgan fingerprint density at radius 2 is 1.94 bits per heavy atom. The first-order valence-corrected chi connectivity index (χ1v) is 8.87. The Hall–Kier alpha value is 0.423. The van der Waals surface area contributed by atoms with E-state index >= 15 is 0 Å². The fraction of sp³-hybridized carbons (Fsp3) is 0.467. The number of hydrogen-bond donors (Lipinski definition) is 0. The summed E-state index contributed by atoms with van der Waals surface area (Å²) in [6, 6.07) is 0. The summed E-state index contributed by atoms with van der Waals surface area (Å²) in [4.78, 5) is 0. The molecule has 0 nitrogen and oxygen atoms in total. The zero-order valence-corrected chi connectivity index (χ0v) is 15.0. The first-order chi connectivity index (χ1) is 7.90. The van der Waals surface area contributed by atoms with Crippen LogP contribution in [-0.4, -0.2) is 0 Å². The quantitative estimate of drug-likeness (QED) is 0.542. The van der Waals surface area contributed by atoms with Gasteiger partial charge in [0.05, 0.1) is 0 Å². The first-order valence-electron chi connectivity index (χ1n) is 6.41. The number of halogens is 2. The third kappa shape index (κ3) is 5.60. The maximum atomic E-state index is 2.40. The van der Waals surface area contributed by atoms with E-state index in [1.54, 1.807) is 8.85 Å². The molecule has 18 heavy (non-hydrogen) atoms. The second kappa shape index (κ2) is 10.2. The summed E-state index contributed by atoms with van der Waals surface area (Å²) in [6.07, 6.45) is 19.6. The molecule has 0 spiro atoms. The van der Waals surface area contributed by atoms with Crippen molar-refractivity contribution < 1.29 is 23.2 Å². The van der Waals surface area contributed by atoms with Crippen LogP contribution in [0, 0.1) is 0 Å². The van der Waals surface area contributed by atoms with Crippen LogP contribution in [0.2, 0.25) is 0 Å². The van der Waals surface area contributed by atoms with Gasteiger partial charge in [0.15, 0.2) is 0 Å². The van der Waals surface area contributed by atoms with Gasteiger partial charge in [-0.3, -0.25) is 0 Å². The van der Waals surface area contributed by atoms with Crippen molar-refractivity contribution in [3.05, 3.63) is 42.5 Å². The fourth-order valence-electron chi connectivity index (χ4n) is 2.22. The number of hydrogen-bond acceptors (Lipinski definition) is 0. The van der Waals surface area contributed by atoms with Crippen molar-refractivity contribution >= 4 is 24.8 Å². The van der Waals surface area contributed by atoms with Crippen LogP contribution < -0.4 is 0 Å². The van der Waals surface area contributed by atoms with Crippen LogP contribution in [0.1, 0.15) is 45.4 Å². The van der Waals surface area contributed by atoms with Gasteiger partial charge in [-0.05, 0) is 0 Å². The molecule has 0 amide bonds. The van der Waals surface area contributed by atoms with Gasteiger partial charge in [-0.1, -0.05) is 0 Å². The van der Waals surface area contributed by atoms with Crippen molar-refractivity contribution in [2.24, 2.45) is 0 Å². The Balaban J connectivity index is 0.00000144. The SMILES string of the molecule is CCCCCC1=[C]([Zr][C]2=CC=CC2)CC=C1.Cl.Cl. The summed E-state index contributed by atoms with van der Waals surface area (Å²) in [5.74, 6) is 0. The van der Waals surface area contributed by atoms with Gasteiger partial charge in [0, 0.05) is 0 Å². The minimum atomic E-state index is -0.396. The second-order valence-corrected chi connectivity index (χ2v) is 8.19. The van der Waals surface area contributed by atoms with Crippen molar-refractivity contribution in [3.8, 4) is 0 Å². The van der Waals surface area contributed by atoms with E-state index in [0.717, 1.165) is 0 Å². The molecule has 0 fully saturated rings. The molecular weight excluding hydrogens is 342 g/mol. The van der Waals surface area contributed by atoms with Crippen molar-refractivity contribution in [2.45, 2.75) is 45.4 Å². The third-order valence-electron chi connectivity index (χ3n) is 3.16.